The van der Waals surface area contributed by atoms with Gasteiger partial charge in [-0.25, -0.2) is 0 Å². The number of benzene rings is 2. The zero-order valence-corrected chi connectivity index (χ0v) is 17.5. The topological polar surface area (TPSA) is 76.7 Å². The van der Waals surface area contributed by atoms with Crippen LogP contribution in [0.15, 0.2) is 47.4 Å². The van der Waals surface area contributed by atoms with Gasteiger partial charge in [0.05, 0.1) is 29.6 Å². The van der Waals surface area contributed by atoms with E-state index in [1.165, 1.54) is 11.8 Å². The summed E-state index contributed by atoms with van der Waals surface area (Å²) >= 11 is 7.63. The molecular weight excluding hydrogens is 400 g/mol. The minimum atomic E-state index is -0.316. The van der Waals surface area contributed by atoms with Gasteiger partial charge >= 0.3 is 0 Å². The smallest absolute Gasteiger partial charge is 0.252 e. The van der Waals surface area contributed by atoms with Crippen LogP contribution in [-0.4, -0.2) is 44.4 Å². The molecule has 0 saturated carbocycles. The Balaban J connectivity index is 1.95. The Labute approximate surface area is 173 Å². The Morgan fingerprint density at radius 1 is 1.14 bits per heavy atom. The van der Waals surface area contributed by atoms with Crippen LogP contribution in [0.4, 0.5) is 5.69 Å². The second-order valence-corrected chi connectivity index (χ2v) is 7.69. The fourth-order valence-electron chi connectivity index (χ4n) is 2.29. The monoisotopic (exact) mass is 422 g/mol. The first kappa shape index (κ1) is 22.1. The maximum absolute atomic E-state index is 12.5. The standard InChI is InChI=1S/C20H23ClN2O4S/c1-13(28-16-7-5-15(27-3)6-8-16)19(24)23-14-4-9-17(18(21)12-14)20(25)22-10-11-26-2/h4-9,12-13H,10-11H2,1-3H3,(H,22,25)(H,23,24). The molecule has 2 rings (SSSR count). The quantitative estimate of drug-likeness (QED) is 0.474. The Bertz CT molecular complexity index is 814. The van der Waals surface area contributed by atoms with E-state index in [4.69, 9.17) is 21.1 Å². The van der Waals surface area contributed by atoms with Crippen LogP contribution < -0.4 is 15.4 Å². The molecule has 2 amide bonds. The molecule has 0 aliphatic carbocycles. The van der Waals surface area contributed by atoms with E-state index >= 15 is 0 Å². The average molecular weight is 423 g/mol. The van der Waals surface area contributed by atoms with Gasteiger partial charge in [-0.2, -0.15) is 0 Å². The van der Waals surface area contributed by atoms with Crippen molar-refractivity contribution in [3.05, 3.63) is 53.1 Å². The van der Waals surface area contributed by atoms with Crippen molar-refractivity contribution in [2.24, 2.45) is 0 Å². The molecule has 0 heterocycles. The highest BCUT2D eigenvalue weighted by Gasteiger charge is 2.16. The zero-order valence-electron chi connectivity index (χ0n) is 16.0. The van der Waals surface area contributed by atoms with Gasteiger partial charge in [0.15, 0.2) is 0 Å². The fourth-order valence-corrected chi connectivity index (χ4v) is 3.43. The third-order valence-electron chi connectivity index (χ3n) is 3.81. The molecule has 28 heavy (non-hydrogen) atoms. The number of hydrogen-bond acceptors (Lipinski definition) is 5. The largest absolute Gasteiger partial charge is 0.497 e. The number of rotatable bonds is 9. The van der Waals surface area contributed by atoms with Crippen LogP contribution in [0.5, 0.6) is 5.75 Å². The highest BCUT2D eigenvalue weighted by molar-refractivity contribution is 8.00. The van der Waals surface area contributed by atoms with Crippen LogP contribution >= 0.6 is 23.4 Å². The van der Waals surface area contributed by atoms with E-state index in [1.807, 2.05) is 31.2 Å². The average Bonchev–Trinajstić information content (AvgIpc) is 2.68. The van der Waals surface area contributed by atoms with Crippen molar-refractivity contribution in [1.82, 2.24) is 5.32 Å². The van der Waals surface area contributed by atoms with Gasteiger partial charge in [0.25, 0.3) is 5.91 Å². The predicted molar refractivity (Wildman–Crippen MR) is 113 cm³/mol. The maximum Gasteiger partial charge on any atom is 0.252 e. The lowest BCUT2D eigenvalue weighted by atomic mass is 10.2. The summed E-state index contributed by atoms with van der Waals surface area (Å²) in [4.78, 5) is 25.5. The lowest BCUT2D eigenvalue weighted by Crippen LogP contribution is -2.27. The number of carbonyl (C=O) groups excluding carboxylic acids is 2. The molecule has 2 aromatic rings. The Morgan fingerprint density at radius 2 is 1.86 bits per heavy atom. The molecule has 0 aliphatic heterocycles. The molecule has 1 unspecified atom stereocenters. The molecule has 2 aromatic carbocycles. The minimum Gasteiger partial charge on any atom is -0.497 e. The highest BCUT2D eigenvalue weighted by atomic mass is 35.5. The van der Waals surface area contributed by atoms with Crippen molar-refractivity contribution in [2.45, 2.75) is 17.1 Å². The van der Waals surface area contributed by atoms with Crippen LogP contribution in [0.1, 0.15) is 17.3 Å². The molecule has 0 fully saturated rings. The number of methoxy groups -OCH3 is 2. The third-order valence-corrected chi connectivity index (χ3v) is 5.24. The van der Waals surface area contributed by atoms with E-state index in [9.17, 15) is 9.59 Å². The second kappa shape index (κ2) is 10.9. The number of carbonyl (C=O) groups is 2. The zero-order chi connectivity index (χ0) is 20.5. The van der Waals surface area contributed by atoms with E-state index in [2.05, 4.69) is 10.6 Å². The number of hydrogen-bond donors (Lipinski definition) is 2. The molecule has 0 bridgehead atoms. The molecule has 1 atom stereocenters. The third kappa shape index (κ3) is 6.44. The summed E-state index contributed by atoms with van der Waals surface area (Å²) in [5.41, 5.74) is 0.877. The second-order valence-electron chi connectivity index (χ2n) is 5.87. The number of thioether (sulfide) groups is 1. The number of halogens is 1. The summed E-state index contributed by atoms with van der Waals surface area (Å²) in [6.07, 6.45) is 0. The van der Waals surface area contributed by atoms with Crippen molar-refractivity contribution in [3.63, 3.8) is 0 Å². The molecule has 0 radical (unpaired) electrons. The fraction of sp³-hybridized carbons (Fsp3) is 0.300. The highest BCUT2D eigenvalue weighted by Crippen LogP contribution is 2.27. The normalized spacial score (nSPS) is 11.6. The van der Waals surface area contributed by atoms with Gasteiger partial charge in [0.2, 0.25) is 5.91 Å². The summed E-state index contributed by atoms with van der Waals surface area (Å²) in [6, 6.07) is 12.3. The van der Waals surface area contributed by atoms with Gasteiger partial charge in [-0.15, -0.1) is 11.8 Å². The molecule has 0 saturated heterocycles. The molecule has 0 spiro atoms. The summed E-state index contributed by atoms with van der Waals surface area (Å²) in [7, 11) is 3.17. The first-order chi connectivity index (χ1) is 13.4. The Morgan fingerprint density at radius 3 is 2.46 bits per heavy atom. The van der Waals surface area contributed by atoms with Crippen LogP contribution in [-0.2, 0) is 9.53 Å². The number of ether oxygens (including phenoxy) is 2. The van der Waals surface area contributed by atoms with Crippen LogP contribution in [0.25, 0.3) is 0 Å². The summed E-state index contributed by atoms with van der Waals surface area (Å²) < 4.78 is 10.0. The molecule has 0 aliphatic rings. The van der Waals surface area contributed by atoms with Crippen molar-refractivity contribution in [3.8, 4) is 5.75 Å². The first-order valence-corrected chi connectivity index (χ1v) is 9.88. The number of amides is 2. The van der Waals surface area contributed by atoms with E-state index in [0.29, 0.717) is 24.4 Å². The summed E-state index contributed by atoms with van der Waals surface area (Å²) in [5, 5.41) is 5.48. The predicted octanol–water partition coefficient (Wildman–Crippen LogP) is 3.84. The first-order valence-electron chi connectivity index (χ1n) is 8.63. The van der Waals surface area contributed by atoms with Crippen molar-refractivity contribution >= 4 is 40.9 Å². The number of nitrogens with one attached hydrogen (secondary N) is 2. The molecular formula is C20H23ClN2O4S. The van der Waals surface area contributed by atoms with E-state index in [-0.39, 0.29) is 22.1 Å². The van der Waals surface area contributed by atoms with Crippen LogP contribution in [0, 0.1) is 0 Å². The minimum absolute atomic E-state index is 0.158. The van der Waals surface area contributed by atoms with Gasteiger partial charge in [0.1, 0.15) is 5.75 Å². The number of anilines is 1. The summed E-state index contributed by atoms with van der Waals surface area (Å²) in [6.45, 7) is 2.63. The molecule has 2 N–H and O–H groups in total. The lowest BCUT2D eigenvalue weighted by Gasteiger charge is -2.13. The molecule has 8 heteroatoms. The van der Waals surface area contributed by atoms with Crippen molar-refractivity contribution in [2.75, 3.05) is 32.7 Å². The molecule has 0 aromatic heterocycles. The SMILES string of the molecule is COCCNC(=O)c1ccc(NC(=O)C(C)Sc2ccc(OC)cc2)cc1Cl. The van der Waals surface area contributed by atoms with E-state index in [0.717, 1.165) is 10.6 Å². The van der Waals surface area contributed by atoms with Crippen molar-refractivity contribution in [1.29, 1.82) is 0 Å². The van der Waals surface area contributed by atoms with Crippen molar-refractivity contribution < 1.29 is 19.1 Å². The van der Waals surface area contributed by atoms with Gasteiger partial charge < -0.3 is 20.1 Å². The maximum atomic E-state index is 12.5. The van der Waals surface area contributed by atoms with Crippen LogP contribution in [0.3, 0.4) is 0 Å². The van der Waals surface area contributed by atoms with Gasteiger partial charge in [-0.1, -0.05) is 11.6 Å². The Hall–Kier alpha value is -2.22. The molecule has 150 valence electrons. The van der Waals surface area contributed by atoms with Crippen LogP contribution in [0.2, 0.25) is 5.02 Å². The summed E-state index contributed by atoms with van der Waals surface area (Å²) in [5.74, 6) is 0.319. The van der Waals surface area contributed by atoms with Gasteiger partial charge in [-0.3, -0.25) is 9.59 Å². The lowest BCUT2D eigenvalue weighted by molar-refractivity contribution is -0.115. The van der Waals surface area contributed by atoms with Gasteiger partial charge in [0, 0.05) is 24.2 Å². The van der Waals surface area contributed by atoms with Gasteiger partial charge in [-0.05, 0) is 49.4 Å². The molecule has 6 nitrogen and oxygen atoms in total. The van der Waals surface area contributed by atoms with E-state index < -0.39 is 0 Å². The van der Waals surface area contributed by atoms with E-state index in [1.54, 1.807) is 32.4 Å². The Kier molecular flexibility index (Phi) is 8.63.